The van der Waals surface area contributed by atoms with Crippen molar-refractivity contribution in [2.24, 2.45) is 0 Å². The van der Waals surface area contributed by atoms with E-state index in [1.807, 2.05) is 0 Å². The zero-order valence-electron chi connectivity index (χ0n) is 9.54. The average Bonchev–Trinajstić information content (AvgIpc) is 2.20. The van der Waals surface area contributed by atoms with Gasteiger partial charge < -0.3 is 10.4 Å². The summed E-state index contributed by atoms with van der Waals surface area (Å²) >= 11 is 3.49. The summed E-state index contributed by atoms with van der Waals surface area (Å²) in [6.07, 6.45) is 4.14. The molecule has 3 heteroatoms. The van der Waals surface area contributed by atoms with Crippen molar-refractivity contribution in [2.45, 2.75) is 44.8 Å². The summed E-state index contributed by atoms with van der Waals surface area (Å²) in [5.41, 5.74) is 2.32. The number of benzene rings is 1. The number of aliphatic hydroxyl groups excluding tert-OH is 1. The molecule has 0 amide bonds. The molecule has 2 rings (SSSR count). The Morgan fingerprint density at radius 2 is 2.00 bits per heavy atom. The van der Waals surface area contributed by atoms with Crippen LogP contribution in [0.5, 0.6) is 0 Å². The van der Waals surface area contributed by atoms with Crippen LogP contribution in [0, 0.1) is 6.92 Å². The van der Waals surface area contributed by atoms with E-state index in [1.54, 1.807) is 0 Å². The first-order valence-corrected chi connectivity index (χ1v) is 6.66. The molecule has 2 nitrogen and oxygen atoms in total. The van der Waals surface area contributed by atoms with Gasteiger partial charge in [-0.3, -0.25) is 0 Å². The number of hydrogen-bond acceptors (Lipinski definition) is 2. The Morgan fingerprint density at radius 3 is 2.69 bits per heavy atom. The minimum absolute atomic E-state index is 0.201. The van der Waals surface area contributed by atoms with Crippen LogP contribution in [0.2, 0.25) is 0 Å². The Kier molecular flexibility index (Phi) is 3.87. The Bertz CT molecular complexity index is 347. The molecular formula is C13H18BrNO. The van der Waals surface area contributed by atoms with E-state index in [2.05, 4.69) is 46.4 Å². The minimum Gasteiger partial charge on any atom is -0.391 e. The second-order valence-electron chi connectivity index (χ2n) is 4.62. The molecule has 2 unspecified atom stereocenters. The maximum atomic E-state index is 9.89. The van der Waals surface area contributed by atoms with Crippen molar-refractivity contribution in [2.75, 3.05) is 5.32 Å². The maximum Gasteiger partial charge on any atom is 0.0741 e. The second-order valence-corrected chi connectivity index (χ2v) is 5.54. The van der Waals surface area contributed by atoms with E-state index < -0.39 is 0 Å². The van der Waals surface area contributed by atoms with Crippen LogP contribution in [0.25, 0.3) is 0 Å². The molecule has 1 aromatic carbocycles. The van der Waals surface area contributed by atoms with E-state index in [1.165, 1.54) is 12.0 Å². The number of halogens is 1. The normalized spacial score (nSPS) is 25.4. The minimum atomic E-state index is -0.201. The maximum absolute atomic E-state index is 9.89. The Morgan fingerprint density at radius 1 is 1.25 bits per heavy atom. The van der Waals surface area contributed by atoms with Crippen LogP contribution in [0.3, 0.4) is 0 Å². The lowest BCUT2D eigenvalue weighted by atomic mass is 9.92. The van der Waals surface area contributed by atoms with Gasteiger partial charge in [0.25, 0.3) is 0 Å². The molecule has 1 aliphatic rings. The van der Waals surface area contributed by atoms with Gasteiger partial charge in [-0.25, -0.2) is 0 Å². The fourth-order valence-corrected chi connectivity index (χ4v) is 2.92. The number of aryl methyl sites for hydroxylation is 1. The van der Waals surface area contributed by atoms with Crippen molar-refractivity contribution in [1.29, 1.82) is 0 Å². The molecule has 88 valence electrons. The van der Waals surface area contributed by atoms with Gasteiger partial charge in [0.1, 0.15) is 0 Å². The number of nitrogens with one attached hydrogen (secondary N) is 1. The van der Waals surface area contributed by atoms with Crippen LogP contribution in [0.15, 0.2) is 22.7 Å². The first-order valence-electron chi connectivity index (χ1n) is 5.87. The number of rotatable bonds is 2. The summed E-state index contributed by atoms with van der Waals surface area (Å²) in [4.78, 5) is 0. The smallest absolute Gasteiger partial charge is 0.0741 e. The third kappa shape index (κ3) is 2.98. The van der Waals surface area contributed by atoms with Crippen molar-refractivity contribution in [3.8, 4) is 0 Å². The molecule has 0 radical (unpaired) electrons. The highest BCUT2D eigenvalue weighted by molar-refractivity contribution is 9.10. The van der Waals surface area contributed by atoms with E-state index in [4.69, 9.17) is 0 Å². The quantitative estimate of drug-likeness (QED) is 0.871. The molecule has 0 aliphatic heterocycles. The molecular weight excluding hydrogens is 266 g/mol. The van der Waals surface area contributed by atoms with Crippen LogP contribution in [-0.2, 0) is 0 Å². The summed E-state index contributed by atoms with van der Waals surface area (Å²) in [5.74, 6) is 0. The molecule has 1 saturated carbocycles. The predicted octanol–water partition coefficient (Wildman–Crippen LogP) is 3.47. The van der Waals surface area contributed by atoms with Crippen LogP contribution >= 0.6 is 15.9 Å². The molecule has 0 bridgehead atoms. The third-order valence-corrected chi connectivity index (χ3v) is 3.58. The lowest BCUT2D eigenvalue weighted by Gasteiger charge is -2.29. The van der Waals surface area contributed by atoms with Crippen LogP contribution < -0.4 is 5.32 Å². The van der Waals surface area contributed by atoms with Gasteiger partial charge in [0, 0.05) is 10.2 Å². The lowest BCUT2D eigenvalue weighted by Crippen LogP contribution is -2.36. The zero-order chi connectivity index (χ0) is 11.5. The summed E-state index contributed by atoms with van der Waals surface area (Å²) in [6.45, 7) is 2.08. The molecule has 1 aliphatic carbocycles. The molecule has 1 aromatic rings. The molecule has 0 saturated heterocycles. The average molecular weight is 284 g/mol. The van der Waals surface area contributed by atoms with E-state index in [0.29, 0.717) is 0 Å². The fourth-order valence-electron chi connectivity index (χ4n) is 2.31. The summed E-state index contributed by atoms with van der Waals surface area (Å²) in [6, 6.07) is 6.48. The van der Waals surface area contributed by atoms with Gasteiger partial charge in [0.15, 0.2) is 0 Å². The van der Waals surface area contributed by atoms with E-state index in [0.717, 1.165) is 29.4 Å². The number of hydrogen-bond donors (Lipinski definition) is 2. The third-order valence-electron chi connectivity index (χ3n) is 3.12. The molecule has 0 heterocycles. The highest BCUT2D eigenvalue weighted by Crippen LogP contribution is 2.25. The Labute approximate surface area is 105 Å². The van der Waals surface area contributed by atoms with Crippen molar-refractivity contribution >= 4 is 21.6 Å². The SMILES string of the molecule is Cc1cc(Br)cc(NC2CCCCC2O)c1. The summed E-state index contributed by atoms with van der Waals surface area (Å²) < 4.78 is 1.08. The Balaban J connectivity index is 2.07. The fraction of sp³-hybridized carbons (Fsp3) is 0.538. The predicted molar refractivity (Wildman–Crippen MR) is 70.8 cm³/mol. The van der Waals surface area contributed by atoms with Crippen LogP contribution in [0.1, 0.15) is 31.2 Å². The van der Waals surface area contributed by atoms with E-state index in [9.17, 15) is 5.11 Å². The van der Waals surface area contributed by atoms with Gasteiger partial charge >= 0.3 is 0 Å². The molecule has 0 aromatic heterocycles. The van der Waals surface area contributed by atoms with Gasteiger partial charge in [0.2, 0.25) is 0 Å². The van der Waals surface area contributed by atoms with Gasteiger partial charge in [-0.2, -0.15) is 0 Å². The van der Waals surface area contributed by atoms with Crippen molar-refractivity contribution < 1.29 is 5.11 Å². The monoisotopic (exact) mass is 283 g/mol. The highest BCUT2D eigenvalue weighted by Gasteiger charge is 2.22. The lowest BCUT2D eigenvalue weighted by molar-refractivity contribution is 0.116. The molecule has 0 spiro atoms. The van der Waals surface area contributed by atoms with Crippen molar-refractivity contribution in [1.82, 2.24) is 0 Å². The van der Waals surface area contributed by atoms with Gasteiger partial charge in [-0.05, 0) is 43.5 Å². The molecule has 1 fully saturated rings. The van der Waals surface area contributed by atoms with Gasteiger partial charge in [0.05, 0.1) is 12.1 Å². The standard InChI is InChI=1S/C13H18BrNO/c1-9-6-10(14)8-11(7-9)15-12-4-2-3-5-13(12)16/h6-8,12-13,15-16H,2-5H2,1H3. The summed E-state index contributed by atoms with van der Waals surface area (Å²) in [5, 5.41) is 13.3. The van der Waals surface area contributed by atoms with E-state index in [-0.39, 0.29) is 12.1 Å². The number of aliphatic hydroxyl groups is 1. The molecule has 2 atom stereocenters. The van der Waals surface area contributed by atoms with Crippen LogP contribution in [0.4, 0.5) is 5.69 Å². The van der Waals surface area contributed by atoms with E-state index >= 15 is 0 Å². The van der Waals surface area contributed by atoms with Crippen molar-refractivity contribution in [3.05, 3.63) is 28.2 Å². The second kappa shape index (κ2) is 5.19. The zero-order valence-corrected chi connectivity index (χ0v) is 11.1. The Hall–Kier alpha value is -0.540. The topological polar surface area (TPSA) is 32.3 Å². The first kappa shape index (κ1) is 11.9. The molecule has 2 N–H and O–H groups in total. The largest absolute Gasteiger partial charge is 0.391 e. The highest BCUT2D eigenvalue weighted by atomic mass is 79.9. The first-order chi connectivity index (χ1) is 7.65. The number of anilines is 1. The van der Waals surface area contributed by atoms with Crippen molar-refractivity contribution in [3.63, 3.8) is 0 Å². The van der Waals surface area contributed by atoms with Gasteiger partial charge in [-0.15, -0.1) is 0 Å². The van der Waals surface area contributed by atoms with Crippen LogP contribution in [-0.4, -0.2) is 17.3 Å². The molecule has 16 heavy (non-hydrogen) atoms. The van der Waals surface area contributed by atoms with Gasteiger partial charge in [-0.1, -0.05) is 28.8 Å². The summed E-state index contributed by atoms with van der Waals surface area (Å²) in [7, 11) is 0.